The number of anilines is 2. The number of aromatic nitrogens is 4. The molecule has 2 aromatic carbocycles. The number of nitrogens with zero attached hydrogens (tertiary/aromatic N) is 4. The van der Waals surface area contributed by atoms with Gasteiger partial charge in [-0.1, -0.05) is 59.8 Å². The van der Waals surface area contributed by atoms with E-state index in [9.17, 15) is 9.59 Å². The molecular formula is C23H23ClN6O3S2. The van der Waals surface area contributed by atoms with Gasteiger partial charge in [-0.25, -0.2) is 9.78 Å². The number of amides is 1. The Morgan fingerprint density at radius 1 is 1.23 bits per heavy atom. The average Bonchev–Trinajstić information content (AvgIpc) is 3.41. The van der Waals surface area contributed by atoms with Crippen molar-refractivity contribution >= 4 is 67.9 Å². The molecule has 0 spiro atoms. The normalized spacial score (nSPS) is 12.0. The van der Waals surface area contributed by atoms with Crippen molar-refractivity contribution < 1.29 is 14.3 Å². The molecule has 1 unspecified atom stereocenters. The lowest BCUT2D eigenvalue weighted by molar-refractivity contribution is -0.119. The predicted octanol–water partition coefficient (Wildman–Crippen LogP) is 5.18. The van der Waals surface area contributed by atoms with Gasteiger partial charge in [0.15, 0.2) is 10.3 Å². The van der Waals surface area contributed by atoms with E-state index >= 15 is 0 Å². The largest absolute Gasteiger partial charge is 0.462 e. The molecule has 1 atom stereocenters. The smallest absolute Gasteiger partial charge is 0.338 e. The Kier molecular flexibility index (Phi) is 7.89. The zero-order valence-electron chi connectivity index (χ0n) is 19.0. The molecule has 1 amide bonds. The predicted molar refractivity (Wildman–Crippen MR) is 139 cm³/mol. The summed E-state index contributed by atoms with van der Waals surface area (Å²) < 4.78 is 7.44. The lowest BCUT2D eigenvalue weighted by atomic mass is 10.2. The topological polar surface area (TPSA) is 125 Å². The molecule has 2 aromatic heterocycles. The standard InChI is InChI=1S/C23H23ClN6O3S2/c1-3-17(30-21(25)28-29-23(30)34-12-14-7-5-6-8-15(14)24)19(31)27-22-26-16-10-9-13(11-18(16)35-22)20(32)33-4-2/h5-11,17H,3-4,12H2,1-2H3,(H2,25,28)(H,26,27,31). The molecule has 9 nitrogen and oxygen atoms in total. The van der Waals surface area contributed by atoms with Crippen molar-refractivity contribution in [3.63, 3.8) is 0 Å². The Morgan fingerprint density at radius 3 is 2.77 bits per heavy atom. The molecule has 0 saturated heterocycles. The number of fused-ring (bicyclic) bond motifs is 1. The van der Waals surface area contributed by atoms with E-state index in [2.05, 4.69) is 20.5 Å². The molecule has 0 bridgehead atoms. The summed E-state index contributed by atoms with van der Waals surface area (Å²) in [5.41, 5.74) is 8.15. The van der Waals surface area contributed by atoms with Gasteiger partial charge < -0.3 is 15.8 Å². The number of rotatable bonds is 9. The van der Waals surface area contributed by atoms with E-state index in [0.29, 0.717) is 45.2 Å². The van der Waals surface area contributed by atoms with Gasteiger partial charge in [-0.05, 0) is 43.2 Å². The molecule has 0 aliphatic carbocycles. The van der Waals surface area contributed by atoms with Crippen molar-refractivity contribution in [2.24, 2.45) is 0 Å². The van der Waals surface area contributed by atoms with Crippen molar-refractivity contribution in [1.82, 2.24) is 19.7 Å². The highest BCUT2D eigenvalue weighted by Crippen LogP contribution is 2.32. The van der Waals surface area contributed by atoms with Crippen LogP contribution in [0.4, 0.5) is 11.1 Å². The summed E-state index contributed by atoms with van der Waals surface area (Å²) in [5, 5.41) is 12.6. The summed E-state index contributed by atoms with van der Waals surface area (Å²) in [6, 6.07) is 12.0. The van der Waals surface area contributed by atoms with Crippen molar-refractivity contribution in [2.45, 2.75) is 37.2 Å². The van der Waals surface area contributed by atoms with Crippen LogP contribution < -0.4 is 11.1 Å². The molecule has 35 heavy (non-hydrogen) atoms. The maximum Gasteiger partial charge on any atom is 0.338 e. The molecular weight excluding hydrogens is 508 g/mol. The van der Waals surface area contributed by atoms with Crippen LogP contribution in [0.25, 0.3) is 10.2 Å². The van der Waals surface area contributed by atoms with E-state index in [0.717, 1.165) is 10.3 Å². The minimum Gasteiger partial charge on any atom is -0.462 e. The maximum absolute atomic E-state index is 13.2. The number of nitrogen functional groups attached to an aromatic ring is 1. The highest BCUT2D eigenvalue weighted by molar-refractivity contribution is 7.98. The van der Waals surface area contributed by atoms with E-state index < -0.39 is 12.0 Å². The molecule has 182 valence electrons. The monoisotopic (exact) mass is 530 g/mol. The fourth-order valence-electron chi connectivity index (χ4n) is 3.43. The van der Waals surface area contributed by atoms with E-state index in [1.54, 1.807) is 29.7 Å². The van der Waals surface area contributed by atoms with Crippen LogP contribution >= 0.6 is 34.7 Å². The fourth-order valence-corrected chi connectivity index (χ4v) is 5.62. The molecule has 4 aromatic rings. The number of carbonyl (C=O) groups excluding carboxylic acids is 2. The summed E-state index contributed by atoms with van der Waals surface area (Å²) in [5.74, 6) is 0.0147. The van der Waals surface area contributed by atoms with Crippen molar-refractivity contribution in [2.75, 3.05) is 17.7 Å². The van der Waals surface area contributed by atoms with Crippen LogP contribution in [0.15, 0.2) is 47.6 Å². The number of nitrogens with two attached hydrogens (primary N) is 1. The van der Waals surface area contributed by atoms with Crippen LogP contribution in [0, 0.1) is 0 Å². The maximum atomic E-state index is 13.2. The van der Waals surface area contributed by atoms with Gasteiger partial charge in [0.25, 0.3) is 0 Å². The van der Waals surface area contributed by atoms with Crippen LogP contribution in [-0.4, -0.2) is 38.2 Å². The summed E-state index contributed by atoms with van der Waals surface area (Å²) in [6.07, 6.45) is 0.464. The Hall–Kier alpha value is -3.15. The van der Waals surface area contributed by atoms with E-state index in [-0.39, 0.29) is 11.9 Å². The highest BCUT2D eigenvalue weighted by atomic mass is 35.5. The van der Waals surface area contributed by atoms with Crippen molar-refractivity contribution in [3.8, 4) is 0 Å². The number of halogens is 1. The number of esters is 1. The third-order valence-corrected chi connectivity index (χ3v) is 7.43. The molecule has 4 rings (SSSR count). The zero-order chi connectivity index (χ0) is 24.9. The molecule has 0 fully saturated rings. The average molecular weight is 531 g/mol. The van der Waals surface area contributed by atoms with E-state index in [1.165, 1.54) is 23.1 Å². The summed E-state index contributed by atoms with van der Waals surface area (Å²) >= 11 is 8.94. The molecule has 0 aliphatic heterocycles. The molecule has 0 aliphatic rings. The summed E-state index contributed by atoms with van der Waals surface area (Å²) in [4.78, 5) is 29.7. The Labute approximate surface area is 215 Å². The first-order valence-corrected chi connectivity index (χ1v) is 13.0. The number of benzene rings is 2. The van der Waals surface area contributed by atoms with Crippen LogP contribution in [0.1, 0.15) is 42.2 Å². The third kappa shape index (κ3) is 5.58. The Morgan fingerprint density at radius 2 is 2.03 bits per heavy atom. The number of thioether (sulfide) groups is 1. The zero-order valence-corrected chi connectivity index (χ0v) is 21.4. The SMILES string of the molecule is CCOC(=O)c1ccc2nc(NC(=O)C(CC)n3c(N)nnc3SCc3ccccc3Cl)sc2c1. The summed E-state index contributed by atoms with van der Waals surface area (Å²) in [7, 11) is 0. The van der Waals surface area contributed by atoms with Crippen LogP contribution in [-0.2, 0) is 15.3 Å². The lowest BCUT2D eigenvalue weighted by Crippen LogP contribution is -2.27. The molecule has 0 radical (unpaired) electrons. The quantitative estimate of drug-likeness (QED) is 0.224. The first kappa shape index (κ1) is 25.0. The van der Waals surface area contributed by atoms with E-state index in [1.807, 2.05) is 31.2 Å². The van der Waals surface area contributed by atoms with E-state index in [4.69, 9.17) is 22.1 Å². The van der Waals surface area contributed by atoms with Gasteiger partial charge in [0.05, 0.1) is 22.4 Å². The van der Waals surface area contributed by atoms with Gasteiger partial charge in [0.2, 0.25) is 11.9 Å². The Balaban J connectivity index is 1.52. The number of ether oxygens (including phenoxy) is 1. The minimum atomic E-state index is -0.638. The van der Waals surface area contributed by atoms with Crippen LogP contribution in [0.5, 0.6) is 0 Å². The van der Waals surface area contributed by atoms with Gasteiger partial charge in [-0.15, -0.1) is 10.2 Å². The second-order valence-electron chi connectivity index (χ2n) is 7.43. The first-order chi connectivity index (χ1) is 16.9. The van der Waals surface area contributed by atoms with Crippen molar-refractivity contribution in [1.29, 1.82) is 0 Å². The fraction of sp³-hybridized carbons (Fsp3) is 0.261. The van der Waals surface area contributed by atoms with Gasteiger partial charge >= 0.3 is 5.97 Å². The molecule has 0 saturated carbocycles. The van der Waals surface area contributed by atoms with Gasteiger partial charge in [0.1, 0.15) is 6.04 Å². The number of thiazole rings is 1. The third-order valence-electron chi connectivity index (χ3n) is 5.14. The van der Waals surface area contributed by atoms with Crippen LogP contribution in [0.2, 0.25) is 5.02 Å². The number of hydrogen-bond acceptors (Lipinski definition) is 9. The molecule has 2 heterocycles. The molecule has 3 N–H and O–H groups in total. The van der Waals surface area contributed by atoms with Gasteiger partial charge in [-0.3, -0.25) is 9.36 Å². The van der Waals surface area contributed by atoms with Gasteiger partial charge in [0, 0.05) is 10.8 Å². The highest BCUT2D eigenvalue weighted by Gasteiger charge is 2.26. The van der Waals surface area contributed by atoms with Crippen LogP contribution in [0.3, 0.4) is 0 Å². The van der Waals surface area contributed by atoms with Crippen molar-refractivity contribution in [3.05, 3.63) is 58.6 Å². The second-order valence-corrected chi connectivity index (χ2v) is 9.81. The summed E-state index contributed by atoms with van der Waals surface area (Å²) in [6.45, 7) is 3.94. The number of nitrogens with one attached hydrogen (secondary N) is 1. The lowest BCUT2D eigenvalue weighted by Gasteiger charge is -2.18. The second kappa shape index (κ2) is 11.1. The number of carbonyl (C=O) groups is 2. The number of hydrogen-bond donors (Lipinski definition) is 2. The first-order valence-electron chi connectivity index (χ1n) is 10.9. The van der Waals surface area contributed by atoms with Gasteiger partial charge in [-0.2, -0.15) is 0 Å². The molecule has 12 heteroatoms. The Bertz CT molecular complexity index is 1370. The minimum absolute atomic E-state index is 0.150.